The third-order valence-electron chi connectivity index (χ3n) is 9.34. The number of hydrogen-bond acceptors (Lipinski definition) is 7. The summed E-state index contributed by atoms with van der Waals surface area (Å²) in [5.41, 5.74) is 1.90. The minimum absolute atomic E-state index is 0.0262. The van der Waals surface area contributed by atoms with Crippen LogP contribution in [0.1, 0.15) is 66.2 Å². The predicted octanol–water partition coefficient (Wildman–Crippen LogP) is 5.44. The summed E-state index contributed by atoms with van der Waals surface area (Å²) in [6.45, 7) is 8.89. The molecule has 2 aliphatic heterocycles. The van der Waals surface area contributed by atoms with E-state index in [1.165, 1.54) is 12.1 Å². The SMILES string of the molecule is CCS(=O)(=O)c1ccc([C@H](CO)NC(=O)c2ccc(N3CC(c4ccc(C(F)(F)F)cc4)C[C@H]3CN3CCOCC3(C)C)cc2)cc1. The fourth-order valence-corrected chi connectivity index (χ4v) is 7.31. The first-order valence-electron chi connectivity index (χ1n) is 15.8. The van der Waals surface area contributed by atoms with Gasteiger partial charge >= 0.3 is 6.18 Å². The lowest BCUT2D eigenvalue weighted by Crippen LogP contribution is -2.56. The zero-order valence-electron chi connectivity index (χ0n) is 26.8. The highest BCUT2D eigenvalue weighted by atomic mass is 32.2. The molecule has 2 saturated heterocycles. The Morgan fingerprint density at radius 3 is 2.28 bits per heavy atom. The first-order valence-corrected chi connectivity index (χ1v) is 17.5. The Morgan fingerprint density at radius 1 is 1.04 bits per heavy atom. The van der Waals surface area contributed by atoms with Crippen LogP contribution in [0.3, 0.4) is 0 Å². The van der Waals surface area contributed by atoms with E-state index >= 15 is 0 Å². The van der Waals surface area contributed by atoms with E-state index < -0.39 is 33.5 Å². The predicted molar refractivity (Wildman–Crippen MR) is 174 cm³/mol. The Bertz CT molecular complexity index is 1630. The number of carbonyl (C=O) groups is 1. The third-order valence-corrected chi connectivity index (χ3v) is 11.1. The van der Waals surface area contributed by atoms with Crippen molar-refractivity contribution in [1.82, 2.24) is 10.2 Å². The lowest BCUT2D eigenvalue weighted by Gasteiger charge is -2.44. The Kier molecular flexibility index (Phi) is 10.4. The average molecular weight is 674 g/mol. The highest BCUT2D eigenvalue weighted by Crippen LogP contribution is 2.38. The Morgan fingerprint density at radius 2 is 1.70 bits per heavy atom. The summed E-state index contributed by atoms with van der Waals surface area (Å²) >= 11 is 0. The summed E-state index contributed by atoms with van der Waals surface area (Å²) in [7, 11) is -3.37. The molecule has 2 N–H and O–H groups in total. The number of benzene rings is 3. The number of hydrogen-bond donors (Lipinski definition) is 2. The molecule has 2 fully saturated rings. The van der Waals surface area contributed by atoms with Gasteiger partial charge in [0.2, 0.25) is 0 Å². The summed E-state index contributed by atoms with van der Waals surface area (Å²) in [5, 5.41) is 12.8. The lowest BCUT2D eigenvalue weighted by atomic mass is 9.94. The molecule has 2 aliphatic rings. The van der Waals surface area contributed by atoms with Crippen molar-refractivity contribution < 1.29 is 36.2 Å². The van der Waals surface area contributed by atoms with Gasteiger partial charge in [0.1, 0.15) is 0 Å². The monoisotopic (exact) mass is 673 g/mol. The quantitative estimate of drug-likeness (QED) is 0.296. The van der Waals surface area contributed by atoms with Gasteiger partial charge in [0.25, 0.3) is 5.91 Å². The Balaban J connectivity index is 1.33. The summed E-state index contributed by atoms with van der Waals surface area (Å²) in [6.07, 6.45) is -3.63. The maximum Gasteiger partial charge on any atom is 0.416 e. The average Bonchev–Trinajstić information content (AvgIpc) is 3.48. The van der Waals surface area contributed by atoms with Crippen molar-refractivity contribution in [3.63, 3.8) is 0 Å². The van der Waals surface area contributed by atoms with Gasteiger partial charge in [-0.15, -0.1) is 0 Å². The highest BCUT2D eigenvalue weighted by Gasteiger charge is 2.39. The van der Waals surface area contributed by atoms with Gasteiger partial charge in [0.15, 0.2) is 9.84 Å². The number of halogens is 3. The number of carbonyl (C=O) groups excluding carboxylic acids is 1. The second kappa shape index (κ2) is 14.0. The van der Waals surface area contributed by atoms with Gasteiger partial charge in [0.05, 0.1) is 42.1 Å². The summed E-state index contributed by atoms with van der Waals surface area (Å²) in [6, 6.07) is 18.1. The second-order valence-corrected chi connectivity index (χ2v) is 15.2. The van der Waals surface area contributed by atoms with E-state index in [-0.39, 0.29) is 34.8 Å². The van der Waals surface area contributed by atoms with Gasteiger partial charge in [-0.1, -0.05) is 31.2 Å². The van der Waals surface area contributed by atoms with E-state index in [4.69, 9.17) is 4.74 Å². The van der Waals surface area contributed by atoms with Crippen LogP contribution < -0.4 is 10.2 Å². The largest absolute Gasteiger partial charge is 0.416 e. The van der Waals surface area contributed by atoms with Crippen LogP contribution in [-0.2, 0) is 20.8 Å². The first-order chi connectivity index (χ1) is 22.2. The highest BCUT2D eigenvalue weighted by molar-refractivity contribution is 7.91. The van der Waals surface area contributed by atoms with E-state index in [1.54, 1.807) is 43.3 Å². The summed E-state index contributed by atoms with van der Waals surface area (Å²) < 4.78 is 69.7. The fourth-order valence-electron chi connectivity index (χ4n) is 6.43. The Labute approximate surface area is 274 Å². The van der Waals surface area contributed by atoms with Gasteiger partial charge in [-0.3, -0.25) is 9.69 Å². The molecule has 8 nitrogen and oxygen atoms in total. The molecule has 3 aromatic rings. The number of alkyl halides is 3. The van der Waals surface area contributed by atoms with Crippen molar-refractivity contribution in [3.05, 3.63) is 95.1 Å². The summed E-state index contributed by atoms with van der Waals surface area (Å²) in [5.74, 6) is -0.392. The Hall–Kier alpha value is -3.45. The number of sulfone groups is 1. The van der Waals surface area contributed by atoms with E-state index in [2.05, 4.69) is 29.0 Å². The van der Waals surface area contributed by atoms with Crippen molar-refractivity contribution in [1.29, 1.82) is 0 Å². The van der Waals surface area contributed by atoms with Crippen LogP contribution in [-0.4, -0.2) is 81.1 Å². The molecule has 3 atom stereocenters. The molecule has 0 radical (unpaired) electrons. The van der Waals surface area contributed by atoms with Crippen molar-refractivity contribution >= 4 is 21.4 Å². The second-order valence-electron chi connectivity index (χ2n) is 12.9. The lowest BCUT2D eigenvalue weighted by molar-refractivity contribution is -0.137. The normalized spacial score (nSPS) is 21.0. The van der Waals surface area contributed by atoms with Crippen LogP contribution in [0.25, 0.3) is 0 Å². The molecule has 3 aromatic carbocycles. The minimum Gasteiger partial charge on any atom is -0.394 e. The third kappa shape index (κ3) is 7.99. The molecule has 0 bridgehead atoms. The number of nitrogens with one attached hydrogen (secondary N) is 1. The number of anilines is 1. The van der Waals surface area contributed by atoms with Gasteiger partial charge in [-0.05, 0) is 79.9 Å². The standard InChI is InChI=1S/C35H42F3N3O5S/c1-4-47(44,45)31-15-9-25(10-16-31)32(22-42)39-33(43)26-7-13-29(14-8-26)41-20-27(24-5-11-28(12-6-24)35(36,37)38)19-30(41)21-40-17-18-46-23-34(40,2)3/h5-16,27,30,32,42H,4,17-23H2,1-3H3,(H,39,43)/t27?,30-,32-/m0/s1. The molecular formula is C35H42F3N3O5S. The number of nitrogens with zero attached hydrogens (tertiary/aromatic N) is 2. The summed E-state index contributed by atoms with van der Waals surface area (Å²) in [4.78, 5) is 18.1. The van der Waals surface area contributed by atoms with Crippen molar-refractivity contribution in [3.8, 4) is 0 Å². The zero-order chi connectivity index (χ0) is 34.0. The van der Waals surface area contributed by atoms with Crippen LogP contribution in [0.2, 0.25) is 0 Å². The van der Waals surface area contributed by atoms with Crippen molar-refractivity contribution in [2.24, 2.45) is 0 Å². The van der Waals surface area contributed by atoms with Crippen LogP contribution in [0, 0.1) is 0 Å². The molecule has 5 rings (SSSR count). The van der Waals surface area contributed by atoms with Crippen molar-refractivity contribution in [2.45, 2.75) is 61.8 Å². The molecule has 47 heavy (non-hydrogen) atoms. The molecule has 0 aliphatic carbocycles. The van der Waals surface area contributed by atoms with Gasteiger partial charge in [0, 0.05) is 48.4 Å². The van der Waals surface area contributed by atoms with Crippen molar-refractivity contribution in [2.75, 3.05) is 50.1 Å². The molecule has 12 heteroatoms. The number of aliphatic hydroxyl groups is 1. The molecule has 254 valence electrons. The number of amides is 1. The molecular weight excluding hydrogens is 631 g/mol. The molecule has 2 heterocycles. The van der Waals surface area contributed by atoms with E-state index in [0.717, 1.165) is 42.9 Å². The van der Waals surface area contributed by atoms with Gasteiger partial charge in [-0.2, -0.15) is 13.2 Å². The van der Waals surface area contributed by atoms with E-state index in [9.17, 15) is 31.5 Å². The van der Waals surface area contributed by atoms with Crippen LogP contribution in [0.15, 0.2) is 77.7 Å². The molecule has 0 aromatic heterocycles. The van der Waals surface area contributed by atoms with E-state index in [0.29, 0.717) is 30.9 Å². The number of ether oxygens (including phenoxy) is 1. The number of morpholine rings is 1. The van der Waals surface area contributed by atoms with Gasteiger partial charge < -0.3 is 20.1 Å². The molecule has 1 unspecified atom stereocenters. The topological polar surface area (TPSA) is 99.2 Å². The number of aliphatic hydroxyl groups excluding tert-OH is 1. The zero-order valence-corrected chi connectivity index (χ0v) is 27.7. The van der Waals surface area contributed by atoms with Gasteiger partial charge in [-0.25, -0.2) is 8.42 Å². The molecule has 0 spiro atoms. The van der Waals surface area contributed by atoms with Crippen LogP contribution in [0.5, 0.6) is 0 Å². The molecule has 0 saturated carbocycles. The van der Waals surface area contributed by atoms with E-state index in [1.807, 2.05) is 12.1 Å². The fraction of sp³-hybridized carbons (Fsp3) is 0.457. The van der Waals surface area contributed by atoms with Crippen LogP contribution >= 0.6 is 0 Å². The first kappa shape index (κ1) is 34.9. The van der Waals surface area contributed by atoms with Crippen LogP contribution in [0.4, 0.5) is 18.9 Å². The molecule has 1 amide bonds. The maximum atomic E-state index is 13.2. The maximum absolute atomic E-state index is 13.2. The smallest absolute Gasteiger partial charge is 0.394 e. The minimum atomic E-state index is -4.39. The number of rotatable bonds is 10.